The Morgan fingerprint density at radius 2 is 2.00 bits per heavy atom. The third-order valence-corrected chi connectivity index (χ3v) is 3.96. The van der Waals surface area contributed by atoms with Gasteiger partial charge >= 0.3 is 0 Å². The summed E-state index contributed by atoms with van der Waals surface area (Å²) in [7, 11) is 0. The van der Waals surface area contributed by atoms with Crippen molar-refractivity contribution in [3.63, 3.8) is 0 Å². The highest BCUT2D eigenvalue weighted by atomic mass is 79.9. The maximum Gasteiger partial charge on any atom is 0.243 e. The Morgan fingerprint density at radius 1 is 1.25 bits per heavy atom. The minimum absolute atomic E-state index is 0.144. The molecule has 0 aliphatic rings. The van der Waals surface area contributed by atoms with Gasteiger partial charge in [0, 0.05) is 10.2 Å². The maximum atomic E-state index is 11.8. The number of para-hydroxylation sites is 1. The van der Waals surface area contributed by atoms with Crippen molar-refractivity contribution in [3.8, 4) is 0 Å². The Labute approximate surface area is 131 Å². The van der Waals surface area contributed by atoms with E-state index >= 15 is 0 Å². The Hall–Kier alpha value is -1.52. The lowest BCUT2D eigenvalue weighted by molar-refractivity contribution is -0.114. The maximum absolute atomic E-state index is 11.8. The zero-order valence-electron chi connectivity index (χ0n) is 10.9. The first kappa shape index (κ1) is 14.9. The topological polar surface area (TPSA) is 41.1 Å². The largest absolute Gasteiger partial charge is 0.376 e. The Balaban J connectivity index is 1.92. The normalized spacial score (nSPS) is 10.2. The van der Waals surface area contributed by atoms with E-state index in [0.29, 0.717) is 10.7 Å². The molecule has 0 heterocycles. The van der Waals surface area contributed by atoms with Crippen LogP contribution >= 0.6 is 27.5 Å². The molecule has 20 heavy (non-hydrogen) atoms. The average molecular weight is 354 g/mol. The van der Waals surface area contributed by atoms with Gasteiger partial charge in [0.2, 0.25) is 5.91 Å². The van der Waals surface area contributed by atoms with Crippen molar-refractivity contribution in [2.45, 2.75) is 6.92 Å². The lowest BCUT2D eigenvalue weighted by Gasteiger charge is -2.09. The fraction of sp³-hybridized carbons (Fsp3) is 0.133. The third kappa shape index (κ3) is 3.99. The second-order valence-electron chi connectivity index (χ2n) is 4.35. The fourth-order valence-corrected chi connectivity index (χ4v) is 2.20. The van der Waals surface area contributed by atoms with Crippen molar-refractivity contribution in [2.75, 3.05) is 17.2 Å². The number of amides is 1. The van der Waals surface area contributed by atoms with Crippen LogP contribution in [-0.2, 0) is 4.79 Å². The quantitative estimate of drug-likeness (QED) is 0.852. The fourth-order valence-electron chi connectivity index (χ4n) is 1.64. The van der Waals surface area contributed by atoms with E-state index in [0.717, 1.165) is 15.7 Å². The Bertz CT molecular complexity index is 631. The number of rotatable bonds is 4. The van der Waals surface area contributed by atoms with Crippen LogP contribution in [0, 0.1) is 6.92 Å². The molecule has 2 aromatic rings. The highest BCUT2D eigenvalue weighted by Crippen LogP contribution is 2.21. The lowest BCUT2D eigenvalue weighted by atomic mass is 10.2. The molecule has 3 nitrogen and oxygen atoms in total. The molecule has 0 aromatic heterocycles. The van der Waals surface area contributed by atoms with Crippen LogP contribution in [-0.4, -0.2) is 12.5 Å². The van der Waals surface area contributed by atoms with E-state index in [-0.39, 0.29) is 12.5 Å². The molecule has 5 heteroatoms. The van der Waals surface area contributed by atoms with Gasteiger partial charge in [-0.2, -0.15) is 0 Å². The molecule has 2 aromatic carbocycles. The molecule has 0 bridgehead atoms. The molecule has 1 amide bonds. The van der Waals surface area contributed by atoms with Crippen LogP contribution in [0.25, 0.3) is 0 Å². The van der Waals surface area contributed by atoms with Crippen LogP contribution in [0.5, 0.6) is 0 Å². The number of anilines is 2. The van der Waals surface area contributed by atoms with E-state index in [1.165, 1.54) is 0 Å². The van der Waals surface area contributed by atoms with Crippen molar-refractivity contribution >= 4 is 44.8 Å². The molecule has 0 fully saturated rings. The minimum atomic E-state index is -0.144. The summed E-state index contributed by atoms with van der Waals surface area (Å²) in [6, 6.07) is 13.0. The number of hydrogen-bond donors (Lipinski definition) is 2. The van der Waals surface area contributed by atoms with Crippen molar-refractivity contribution in [2.24, 2.45) is 0 Å². The number of halogens is 2. The molecule has 0 saturated heterocycles. The zero-order valence-corrected chi connectivity index (χ0v) is 13.3. The van der Waals surface area contributed by atoms with Crippen LogP contribution in [0.15, 0.2) is 46.9 Å². The first-order valence-corrected chi connectivity index (χ1v) is 7.28. The van der Waals surface area contributed by atoms with Crippen molar-refractivity contribution < 1.29 is 4.79 Å². The molecule has 0 atom stereocenters. The number of benzene rings is 2. The van der Waals surface area contributed by atoms with Crippen LogP contribution < -0.4 is 10.6 Å². The van der Waals surface area contributed by atoms with Crippen LogP contribution in [0.3, 0.4) is 0 Å². The molecule has 0 aliphatic carbocycles. The first-order valence-electron chi connectivity index (χ1n) is 6.10. The number of nitrogens with one attached hydrogen (secondary N) is 2. The van der Waals surface area contributed by atoms with E-state index in [4.69, 9.17) is 11.6 Å². The Morgan fingerprint density at radius 3 is 2.70 bits per heavy atom. The number of aryl methyl sites for hydroxylation is 1. The summed E-state index contributed by atoms with van der Waals surface area (Å²) >= 11 is 9.44. The van der Waals surface area contributed by atoms with Gasteiger partial charge in [0.05, 0.1) is 17.3 Å². The molecule has 0 radical (unpaired) electrons. The number of carbonyl (C=O) groups is 1. The lowest BCUT2D eigenvalue weighted by Crippen LogP contribution is -2.21. The van der Waals surface area contributed by atoms with Crippen LogP contribution in [0.2, 0.25) is 5.02 Å². The Kier molecular flexibility index (Phi) is 5.04. The van der Waals surface area contributed by atoms with Gasteiger partial charge in [0.15, 0.2) is 0 Å². The molecular weight excluding hydrogens is 340 g/mol. The second-order valence-corrected chi connectivity index (χ2v) is 5.61. The predicted molar refractivity (Wildman–Crippen MR) is 87.5 cm³/mol. The van der Waals surface area contributed by atoms with Crippen LogP contribution in [0.1, 0.15) is 5.56 Å². The van der Waals surface area contributed by atoms with Gasteiger partial charge in [-0.05, 0) is 36.8 Å². The summed E-state index contributed by atoms with van der Waals surface area (Å²) in [6.07, 6.45) is 0. The van der Waals surface area contributed by atoms with Gasteiger partial charge in [0.25, 0.3) is 0 Å². The first-order chi connectivity index (χ1) is 9.56. The molecule has 2 rings (SSSR count). The monoisotopic (exact) mass is 352 g/mol. The van der Waals surface area contributed by atoms with Crippen molar-refractivity contribution in [3.05, 3.63) is 57.5 Å². The molecular formula is C15H14BrClN2O. The average Bonchev–Trinajstić information content (AvgIpc) is 2.43. The van der Waals surface area contributed by atoms with Gasteiger partial charge in [-0.3, -0.25) is 4.79 Å². The SMILES string of the molecule is Cc1ccc(NCC(=O)Nc2ccccc2Cl)cc1Br. The number of hydrogen-bond acceptors (Lipinski definition) is 2. The highest BCUT2D eigenvalue weighted by Gasteiger charge is 2.05. The summed E-state index contributed by atoms with van der Waals surface area (Å²) in [6.45, 7) is 2.19. The summed E-state index contributed by atoms with van der Waals surface area (Å²) in [5.74, 6) is -0.144. The highest BCUT2D eigenvalue weighted by molar-refractivity contribution is 9.10. The molecule has 0 spiro atoms. The van der Waals surface area contributed by atoms with Crippen LogP contribution in [0.4, 0.5) is 11.4 Å². The van der Waals surface area contributed by atoms with E-state index in [9.17, 15) is 4.79 Å². The second kappa shape index (κ2) is 6.77. The van der Waals surface area contributed by atoms with Gasteiger partial charge in [-0.25, -0.2) is 0 Å². The summed E-state index contributed by atoms with van der Waals surface area (Å²) in [4.78, 5) is 11.8. The predicted octanol–water partition coefficient (Wildman–Crippen LogP) is 4.46. The summed E-state index contributed by atoms with van der Waals surface area (Å²) in [5.41, 5.74) is 2.65. The van der Waals surface area contributed by atoms with Crippen molar-refractivity contribution in [1.82, 2.24) is 0 Å². The van der Waals surface area contributed by atoms with Gasteiger partial charge in [-0.1, -0.05) is 45.7 Å². The molecule has 0 unspecified atom stereocenters. The molecule has 0 aliphatic heterocycles. The van der Waals surface area contributed by atoms with E-state index < -0.39 is 0 Å². The standard InChI is InChI=1S/C15H14BrClN2O/c1-10-6-7-11(8-12(10)16)18-9-15(20)19-14-5-3-2-4-13(14)17/h2-8,18H,9H2,1H3,(H,19,20). The van der Waals surface area contributed by atoms with Gasteiger partial charge in [-0.15, -0.1) is 0 Å². The van der Waals surface area contributed by atoms with E-state index in [1.54, 1.807) is 12.1 Å². The number of carbonyl (C=O) groups excluding carboxylic acids is 1. The molecule has 2 N–H and O–H groups in total. The van der Waals surface area contributed by atoms with Gasteiger partial charge < -0.3 is 10.6 Å². The van der Waals surface area contributed by atoms with Gasteiger partial charge in [0.1, 0.15) is 0 Å². The zero-order chi connectivity index (χ0) is 14.5. The van der Waals surface area contributed by atoms with Crippen molar-refractivity contribution in [1.29, 1.82) is 0 Å². The molecule has 104 valence electrons. The van der Waals surface area contributed by atoms with E-state index in [1.807, 2.05) is 37.3 Å². The summed E-state index contributed by atoms with van der Waals surface area (Å²) < 4.78 is 1.01. The van der Waals surface area contributed by atoms with E-state index in [2.05, 4.69) is 26.6 Å². The smallest absolute Gasteiger partial charge is 0.243 e. The third-order valence-electron chi connectivity index (χ3n) is 2.77. The summed E-state index contributed by atoms with van der Waals surface area (Å²) in [5, 5.41) is 6.36. The molecule has 0 saturated carbocycles. The minimum Gasteiger partial charge on any atom is -0.376 e.